The van der Waals surface area contributed by atoms with Crippen LogP contribution in [0.4, 0.5) is 0 Å². The first-order valence-electron chi connectivity index (χ1n) is 0.730. The van der Waals surface area contributed by atoms with Crippen LogP contribution >= 0.6 is 7.82 Å². The van der Waals surface area contributed by atoms with Crippen molar-refractivity contribution in [1.82, 2.24) is 0 Å². The molecule has 8 heavy (non-hydrogen) atoms. The minimum atomic E-state index is -5.39. The van der Waals surface area contributed by atoms with Crippen molar-refractivity contribution in [2.24, 2.45) is 0 Å². The van der Waals surface area contributed by atoms with E-state index in [1.54, 1.807) is 0 Å². The molecule has 0 amide bonds. The van der Waals surface area contributed by atoms with Crippen LogP contribution in [0.25, 0.3) is 0 Å². The zero-order chi connectivity index (χ0) is 4.50. The molecule has 4 radical (unpaired) electrons. The van der Waals surface area contributed by atoms with Crippen molar-refractivity contribution in [1.29, 1.82) is 0 Å². The third kappa shape index (κ3) is 103. The van der Waals surface area contributed by atoms with Gasteiger partial charge in [0.25, 0.3) is 0 Å². The molecule has 0 heterocycles. The fourth-order valence-corrected chi connectivity index (χ4v) is 0. The van der Waals surface area contributed by atoms with E-state index >= 15 is 0 Å². The van der Waals surface area contributed by atoms with Crippen LogP contribution in [0.3, 0.4) is 0 Å². The molecule has 0 aromatic carbocycles. The van der Waals surface area contributed by atoms with Gasteiger partial charge in [-0.1, -0.05) is 0 Å². The van der Waals surface area contributed by atoms with Crippen molar-refractivity contribution in [2.75, 3.05) is 0 Å². The van der Waals surface area contributed by atoms with Gasteiger partial charge in [0.05, 0.1) is 0 Å². The van der Waals surface area contributed by atoms with Crippen molar-refractivity contribution in [3.63, 3.8) is 0 Å². The van der Waals surface area contributed by atoms with Crippen molar-refractivity contribution in [3.8, 4) is 0 Å². The van der Waals surface area contributed by atoms with E-state index in [4.69, 9.17) is 19.2 Å². The van der Waals surface area contributed by atoms with E-state index in [0.29, 0.717) is 0 Å². The molecule has 0 saturated heterocycles. The molecule has 0 aliphatic carbocycles. The topological polar surface area (TPSA) is 116 Å². The Labute approximate surface area is 86.4 Å². The fourth-order valence-electron chi connectivity index (χ4n) is 0. The summed E-state index contributed by atoms with van der Waals surface area (Å²) in [7, 11) is -5.39. The zero-order valence-corrected chi connectivity index (χ0v) is 12.2. The zero-order valence-electron chi connectivity index (χ0n) is 3.53. The first-order valence-corrected chi connectivity index (χ1v) is 2.19. The minimum Gasteiger partial charge on any atom is -0.870 e. The van der Waals surface area contributed by atoms with Gasteiger partial charge in [-0.15, -0.1) is 0 Å². The van der Waals surface area contributed by atoms with Crippen molar-refractivity contribution < 1.29 is 24.7 Å². The Morgan fingerprint density at radius 3 is 1.00 bits per heavy atom. The molecular formula is HO5PPb2. The van der Waals surface area contributed by atoms with Crippen LogP contribution in [0.1, 0.15) is 0 Å². The van der Waals surface area contributed by atoms with E-state index < -0.39 is 7.82 Å². The summed E-state index contributed by atoms with van der Waals surface area (Å²) in [5.41, 5.74) is 0. The van der Waals surface area contributed by atoms with Gasteiger partial charge in [-0.2, -0.15) is 7.82 Å². The molecule has 5 nitrogen and oxygen atoms in total. The second kappa shape index (κ2) is 8.91. The second-order valence-corrected chi connectivity index (χ2v) is 1.34. The molecule has 0 atom stereocenters. The maximum atomic E-state index is 8.55. The SMILES string of the molecule is O=P([O-])([O-])[O-].[OH-].[Pb+2].[Pb+2]. The maximum Gasteiger partial charge on any atom is 2.00 e. The van der Waals surface area contributed by atoms with Crippen molar-refractivity contribution in [2.45, 2.75) is 0 Å². The Morgan fingerprint density at radius 1 is 1.00 bits per heavy atom. The van der Waals surface area contributed by atoms with Gasteiger partial charge in [-0.25, -0.2) is 0 Å². The molecule has 0 spiro atoms. The summed E-state index contributed by atoms with van der Waals surface area (Å²) in [6.07, 6.45) is 0. The van der Waals surface area contributed by atoms with Crippen LogP contribution in [-0.4, -0.2) is 60.1 Å². The summed E-state index contributed by atoms with van der Waals surface area (Å²) in [6, 6.07) is 0. The van der Waals surface area contributed by atoms with Gasteiger partial charge >= 0.3 is 54.6 Å². The molecule has 0 fully saturated rings. The Bertz CT molecular complexity index is 56.6. The molecule has 0 aromatic rings. The predicted molar refractivity (Wildman–Crippen MR) is 21.1 cm³/mol. The molecule has 0 unspecified atom stereocenters. The summed E-state index contributed by atoms with van der Waals surface area (Å²) >= 11 is 0. The van der Waals surface area contributed by atoms with Gasteiger partial charge in [-0.05, 0) is 0 Å². The van der Waals surface area contributed by atoms with Crippen LogP contribution in [0, 0.1) is 0 Å². The molecule has 0 aromatic heterocycles. The smallest absolute Gasteiger partial charge is 0.870 e. The molecule has 0 bridgehead atoms. The third-order valence-electron chi connectivity index (χ3n) is 0. The first kappa shape index (κ1) is 22.5. The Balaban J connectivity index is -0.0000000267. The Kier molecular flexibility index (Phi) is 25.1. The first-order chi connectivity index (χ1) is 2.00. The van der Waals surface area contributed by atoms with Crippen LogP contribution in [0.5, 0.6) is 0 Å². The summed E-state index contributed by atoms with van der Waals surface area (Å²) in [5.74, 6) is 0. The Hall–Kier alpha value is 1.91. The summed E-state index contributed by atoms with van der Waals surface area (Å²) in [5, 5.41) is 0. The maximum absolute atomic E-state index is 8.55. The quantitative estimate of drug-likeness (QED) is 0.238. The van der Waals surface area contributed by atoms with Gasteiger partial charge in [0, 0.05) is 0 Å². The van der Waals surface area contributed by atoms with Crippen LogP contribution < -0.4 is 14.7 Å². The molecule has 0 aliphatic rings. The fraction of sp³-hybridized carbons (Fsp3) is 0. The molecule has 44 valence electrons. The predicted octanol–water partition coefficient (Wildman–Crippen LogP) is -3.76. The summed E-state index contributed by atoms with van der Waals surface area (Å²) in [4.78, 5) is 25.6. The molecular weight excluding hydrogens is 525 g/mol. The number of phosphoric acid groups is 1. The molecule has 8 heteroatoms. The van der Waals surface area contributed by atoms with Crippen LogP contribution in [0.2, 0.25) is 0 Å². The van der Waals surface area contributed by atoms with E-state index in [9.17, 15) is 0 Å². The summed E-state index contributed by atoms with van der Waals surface area (Å²) in [6.45, 7) is 0. The van der Waals surface area contributed by atoms with E-state index in [1.807, 2.05) is 0 Å². The molecule has 0 aliphatic heterocycles. The van der Waals surface area contributed by atoms with Gasteiger partial charge in [0.1, 0.15) is 0 Å². The number of rotatable bonds is 0. The monoisotopic (exact) mass is 528 g/mol. The second-order valence-electron chi connectivity index (χ2n) is 0.447. The normalized spacial score (nSPS) is 7.38. The number of hydrogen-bond acceptors (Lipinski definition) is 5. The van der Waals surface area contributed by atoms with E-state index in [2.05, 4.69) is 0 Å². The standard InChI is InChI=1S/H3O4P.H2O.2Pb/c1-5(2,3)4;;;/h(H3,1,2,3,4);1H2;;/q;;2*+2/p-4. The Morgan fingerprint density at radius 2 is 1.00 bits per heavy atom. The van der Waals surface area contributed by atoms with Gasteiger partial charge in [0.2, 0.25) is 0 Å². The average molecular weight is 526 g/mol. The van der Waals surface area contributed by atoms with Crippen molar-refractivity contribution >= 4 is 62.4 Å². The largest absolute Gasteiger partial charge is 2.00 e. The summed E-state index contributed by atoms with van der Waals surface area (Å²) < 4.78 is 8.55. The van der Waals surface area contributed by atoms with E-state index in [0.717, 1.165) is 0 Å². The van der Waals surface area contributed by atoms with Gasteiger partial charge < -0.3 is 24.7 Å². The van der Waals surface area contributed by atoms with Crippen LogP contribution in [0.15, 0.2) is 0 Å². The minimum absolute atomic E-state index is 0. The average Bonchev–Trinajstić information content (AvgIpc) is 0.722. The van der Waals surface area contributed by atoms with Crippen molar-refractivity contribution in [3.05, 3.63) is 0 Å². The van der Waals surface area contributed by atoms with Gasteiger partial charge in [0.15, 0.2) is 0 Å². The molecule has 1 N–H and O–H groups in total. The third-order valence-corrected chi connectivity index (χ3v) is 0. The van der Waals surface area contributed by atoms with E-state index in [1.165, 1.54) is 0 Å². The van der Waals surface area contributed by atoms with Crippen LogP contribution in [-0.2, 0) is 4.57 Å². The molecule has 0 rings (SSSR count). The molecule has 0 saturated carbocycles. The number of hydrogen-bond donors (Lipinski definition) is 0. The van der Waals surface area contributed by atoms with Gasteiger partial charge in [-0.3, -0.25) is 0 Å². The van der Waals surface area contributed by atoms with E-state index in [-0.39, 0.29) is 60.1 Å².